The average molecular weight is 244 g/mol. The van der Waals surface area contributed by atoms with Crippen LogP contribution >= 0.6 is 0 Å². The van der Waals surface area contributed by atoms with Crippen LogP contribution in [0.4, 0.5) is 0 Å². The summed E-state index contributed by atoms with van der Waals surface area (Å²) in [6.45, 7) is 4.89. The molecule has 96 valence electrons. The molecule has 4 nitrogen and oxygen atoms in total. The van der Waals surface area contributed by atoms with Gasteiger partial charge in [-0.25, -0.2) is 9.67 Å². The number of nitrogens with two attached hydrogens (primary N) is 1. The number of aromatic nitrogens is 3. The molecular formula is C14H20N4. The lowest BCUT2D eigenvalue weighted by molar-refractivity contribution is 0.613. The standard InChI is InChI=1S/C14H20N4/c1-10(2)7-13-16-14(18(3)17-13)12-6-4-5-11(8-12)9-15/h4-6,8,10H,7,9,15H2,1-3H3. The van der Waals surface area contributed by atoms with Gasteiger partial charge < -0.3 is 5.73 Å². The Labute approximate surface area is 108 Å². The molecule has 2 N–H and O–H groups in total. The Morgan fingerprint density at radius 1 is 1.33 bits per heavy atom. The molecule has 0 atom stereocenters. The normalized spacial score (nSPS) is 11.2. The van der Waals surface area contributed by atoms with Gasteiger partial charge in [0.05, 0.1) is 0 Å². The van der Waals surface area contributed by atoms with Crippen LogP contribution in [0.15, 0.2) is 24.3 Å². The Morgan fingerprint density at radius 2 is 2.11 bits per heavy atom. The smallest absolute Gasteiger partial charge is 0.158 e. The fraction of sp³-hybridized carbons (Fsp3) is 0.429. The van der Waals surface area contributed by atoms with Crippen molar-refractivity contribution in [3.8, 4) is 11.4 Å². The van der Waals surface area contributed by atoms with Crippen molar-refractivity contribution in [2.45, 2.75) is 26.8 Å². The first kappa shape index (κ1) is 12.8. The van der Waals surface area contributed by atoms with E-state index in [2.05, 4.69) is 30.0 Å². The van der Waals surface area contributed by atoms with Gasteiger partial charge in [-0.05, 0) is 17.5 Å². The maximum atomic E-state index is 5.66. The Hall–Kier alpha value is -1.68. The van der Waals surface area contributed by atoms with Crippen molar-refractivity contribution in [1.29, 1.82) is 0 Å². The molecule has 0 amide bonds. The summed E-state index contributed by atoms with van der Waals surface area (Å²) in [4.78, 5) is 4.61. The summed E-state index contributed by atoms with van der Waals surface area (Å²) in [7, 11) is 1.93. The van der Waals surface area contributed by atoms with E-state index >= 15 is 0 Å². The quantitative estimate of drug-likeness (QED) is 0.896. The second-order valence-electron chi connectivity index (χ2n) is 4.98. The van der Waals surface area contributed by atoms with Crippen molar-refractivity contribution in [3.63, 3.8) is 0 Å². The maximum absolute atomic E-state index is 5.66. The minimum Gasteiger partial charge on any atom is -0.326 e. The first-order chi connectivity index (χ1) is 8.60. The Bertz CT molecular complexity index is 528. The molecule has 0 aliphatic heterocycles. The van der Waals surface area contributed by atoms with Crippen LogP contribution in [0.2, 0.25) is 0 Å². The van der Waals surface area contributed by atoms with E-state index in [1.165, 1.54) is 0 Å². The summed E-state index contributed by atoms with van der Waals surface area (Å²) in [6, 6.07) is 8.15. The maximum Gasteiger partial charge on any atom is 0.158 e. The molecule has 2 aromatic rings. The fourth-order valence-electron chi connectivity index (χ4n) is 1.98. The highest BCUT2D eigenvalue weighted by molar-refractivity contribution is 5.56. The van der Waals surface area contributed by atoms with Gasteiger partial charge in [-0.1, -0.05) is 32.0 Å². The van der Waals surface area contributed by atoms with Crippen LogP contribution in [0.25, 0.3) is 11.4 Å². The first-order valence-electron chi connectivity index (χ1n) is 6.29. The predicted molar refractivity (Wildman–Crippen MR) is 72.9 cm³/mol. The number of benzene rings is 1. The van der Waals surface area contributed by atoms with Crippen LogP contribution in [-0.2, 0) is 20.0 Å². The second-order valence-corrected chi connectivity index (χ2v) is 4.98. The molecule has 0 aliphatic rings. The van der Waals surface area contributed by atoms with Gasteiger partial charge in [0.25, 0.3) is 0 Å². The lowest BCUT2D eigenvalue weighted by Crippen LogP contribution is -1.98. The van der Waals surface area contributed by atoms with E-state index in [4.69, 9.17) is 5.73 Å². The third kappa shape index (κ3) is 2.76. The van der Waals surface area contributed by atoms with E-state index in [0.29, 0.717) is 12.5 Å². The molecule has 0 bridgehead atoms. The third-order valence-electron chi connectivity index (χ3n) is 2.82. The van der Waals surface area contributed by atoms with Crippen LogP contribution in [0.5, 0.6) is 0 Å². The molecule has 1 aromatic carbocycles. The lowest BCUT2D eigenvalue weighted by Gasteiger charge is -2.02. The topological polar surface area (TPSA) is 56.7 Å². The van der Waals surface area contributed by atoms with Gasteiger partial charge in [-0.15, -0.1) is 0 Å². The van der Waals surface area contributed by atoms with Crippen molar-refractivity contribution in [2.75, 3.05) is 0 Å². The van der Waals surface area contributed by atoms with Crippen LogP contribution < -0.4 is 5.73 Å². The molecular weight excluding hydrogens is 224 g/mol. The van der Waals surface area contributed by atoms with Gasteiger partial charge in [0, 0.05) is 25.6 Å². The summed E-state index contributed by atoms with van der Waals surface area (Å²) in [6.07, 6.45) is 0.907. The van der Waals surface area contributed by atoms with E-state index in [0.717, 1.165) is 29.2 Å². The molecule has 1 aromatic heterocycles. The van der Waals surface area contributed by atoms with Gasteiger partial charge in [0.1, 0.15) is 0 Å². The summed E-state index contributed by atoms with van der Waals surface area (Å²) >= 11 is 0. The lowest BCUT2D eigenvalue weighted by atomic mass is 10.1. The minimum absolute atomic E-state index is 0.546. The molecule has 0 radical (unpaired) electrons. The van der Waals surface area contributed by atoms with Crippen LogP contribution in [0, 0.1) is 5.92 Å². The SMILES string of the molecule is CC(C)Cc1nc(-c2cccc(CN)c2)n(C)n1. The number of aryl methyl sites for hydroxylation is 1. The highest BCUT2D eigenvalue weighted by Gasteiger charge is 2.10. The zero-order valence-corrected chi connectivity index (χ0v) is 11.2. The van der Waals surface area contributed by atoms with Gasteiger partial charge in [0.2, 0.25) is 0 Å². The van der Waals surface area contributed by atoms with Gasteiger partial charge in [0.15, 0.2) is 11.6 Å². The van der Waals surface area contributed by atoms with Crippen LogP contribution in [0.1, 0.15) is 25.2 Å². The fourth-order valence-corrected chi connectivity index (χ4v) is 1.98. The molecule has 0 spiro atoms. The summed E-state index contributed by atoms with van der Waals surface area (Å²) < 4.78 is 1.84. The molecule has 18 heavy (non-hydrogen) atoms. The van der Waals surface area contributed by atoms with E-state index in [1.807, 2.05) is 29.9 Å². The van der Waals surface area contributed by atoms with E-state index < -0.39 is 0 Å². The molecule has 0 saturated heterocycles. The molecule has 1 heterocycles. The number of hydrogen-bond donors (Lipinski definition) is 1. The minimum atomic E-state index is 0.546. The van der Waals surface area contributed by atoms with Crippen molar-refractivity contribution < 1.29 is 0 Å². The summed E-state index contributed by atoms with van der Waals surface area (Å²) in [5.74, 6) is 2.37. The predicted octanol–water partition coefficient (Wildman–Crippen LogP) is 2.14. The number of hydrogen-bond acceptors (Lipinski definition) is 3. The van der Waals surface area contributed by atoms with E-state index in [9.17, 15) is 0 Å². The van der Waals surface area contributed by atoms with Gasteiger partial charge in [-0.2, -0.15) is 5.10 Å². The van der Waals surface area contributed by atoms with Crippen LogP contribution in [0.3, 0.4) is 0 Å². The highest BCUT2D eigenvalue weighted by Crippen LogP contribution is 2.18. The van der Waals surface area contributed by atoms with Crippen LogP contribution in [-0.4, -0.2) is 14.8 Å². The van der Waals surface area contributed by atoms with Crippen molar-refractivity contribution in [2.24, 2.45) is 18.7 Å². The van der Waals surface area contributed by atoms with Gasteiger partial charge >= 0.3 is 0 Å². The van der Waals surface area contributed by atoms with Crippen molar-refractivity contribution in [3.05, 3.63) is 35.7 Å². The largest absolute Gasteiger partial charge is 0.326 e. The monoisotopic (exact) mass is 244 g/mol. The molecule has 0 aliphatic carbocycles. The first-order valence-corrected chi connectivity index (χ1v) is 6.29. The molecule has 0 saturated carbocycles. The Kier molecular flexibility index (Phi) is 3.77. The molecule has 0 unspecified atom stereocenters. The highest BCUT2D eigenvalue weighted by atomic mass is 15.3. The third-order valence-corrected chi connectivity index (χ3v) is 2.82. The molecule has 4 heteroatoms. The Morgan fingerprint density at radius 3 is 2.78 bits per heavy atom. The van der Waals surface area contributed by atoms with Crippen molar-refractivity contribution in [1.82, 2.24) is 14.8 Å². The number of rotatable bonds is 4. The van der Waals surface area contributed by atoms with Gasteiger partial charge in [-0.3, -0.25) is 0 Å². The molecule has 2 rings (SSSR count). The zero-order chi connectivity index (χ0) is 13.1. The molecule has 0 fully saturated rings. The number of nitrogens with zero attached hydrogens (tertiary/aromatic N) is 3. The Balaban J connectivity index is 2.34. The average Bonchev–Trinajstić information content (AvgIpc) is 2.69. The summed E-state index contributed by atoms with van der Waals surface area (Å²) in [5, 5.41) is 4.46. The van der Waals surface area contributed by atoms with E-state index in [-0.39, 0.29) is 0 Å². The van der Waals surface area contributed by atoms with E-state index in [1.54, 1.807) is 0 Å². The second kappa shape index (κ2) is 5.31. The summed E-state index contributed by atoms with van der Waals surface area (Å²) in [5.41, 5.74) is 7.85. The zero-order valence-electron chi connectivity index (χ0n) is 11.2. The van der Waals surface area contributed by atoms with Crippen molar-refractivity contribution >= 4 is 0 Å².